The molecule has 7 rings (SSSR count). The van der Waals surface area contributed by atoms with Gasteiger partial charge in [0.15, 0.2) is 17.5 Å². The second-order valence-electron chi connectivity index (χ2n) is 9.25. The Labute approximate surface area is 225 Å². The van der Waals surface area contributed by atoms with Crippen molar-refractivity contribution < 1.29 is 0 Å². The molecule has 0 atom stereocenters. The minimum absolute atomic E-state index is 0.595. The van der Waals surface area contributed by atoms with E-state index in [4.69, 9.17) is 15.0 Å². The van der Waals surface area contributed by atoms with Crippen molar-refractivity contribution in [3.05, 3.63) is 133 Å². The van der Waals surface area contributed by atoms with Gasteiger partial charge in [-0.05, 0) is 36.4 Å². The van der Waals surface area contributed by atoms with Gasteiger partial charge in [-0.3, -0.25) is 0 Å². The molecular weight excluding hydrogens is 478 g/mol. The highest BCUT2D eigenvalue weighted by Gasteiger charge is 2.19. The average Bonchev–Trinajstić information content (AvgIpc) is 3.35. The van der Waals surface area contributed by atoms with Gasteiger partial charge >= 0.3 is 0 Å². The number of rotatable bonds is 4. The van der Waals surface area contributed by atoms with Gasteiger partial charge in [-0.1, -0.05) is 91.0 Å². The van der Waals surface area contributed by atoms with Crippen LogP contribution in [0.2, 0.25) is 0 Å². The lowest BCUT2D eigenvalue weighted by Crippen LogP contribution is -2.03. The van der Waals surface area contributed by atoms with Gasteiger partial charge in [-0.25, -0.2) is 15.0 Å². The zero-order chi connectivity index (χ0) is 26.2. The smallest absolute Gasteiger partial charge is 0.166 e. The zero-order valence-corrected chi connectivity index (χ0v) is 20.9. The van der Waals surface area contributed by atoms with Crippen LogP contribution in [0.1, 0.15) is 5.56 Å². The molecule has 0 saturated heterocycles. The quantitative estimate of drug-likeness (QED) is 0.247. The van der Waals surface area contributed by atoms with E-state index in [9.17, 15) is 5.26 Å². The molecule has 5 nitrogen and oxygen atoms in total. The molecule has 0 unspecified atom stereocenters. The monoisotopic (exact) mass is 499 g/mol. The van der Waals surface area contributed by atoms with Crippen molar-refractivity contribution in [1.29, 1.82) is 5.26 Å². The van der Waals surface area contributed by atoms with Crippen LogP contribution in [0.15, 0.2) is 127 Å². The van der Waals surface area contributed by atoms with Crippen molar-refractivity contribution in [1.82, 2.24) is 19.5 Å². The fraction of sp³-hybridized carbons (Fsp3) is 0. The largest absolute Gasteiger partial charge is 0.309 e. The number of fused-ring (bicyclic) bond motifs is 3. The second kappa shape index (κ2) is 9.37. The highest BCUT2D eigenvalue weighted by Crippen LogP contribution is 2.36. The van der Waals surface area contributed by atoms with Crippen LogP contribution in [0, 0.1) is 11.3 Å². The number of benzene rings is 5. The average molecular weight is 500 g/mol. The molecule has 0 amide bonds. The minimum Gasteiger partial charge on any atom is -0.309 e. The third kappa shape index (κ3) is 3.92. The van der Waals surface area contributed by atoms with Crippen molar-refractivity contribution in [2.24, 2.45) is 0 Å². The maximum Gasteiger partial charge on any atom is 0.166 e. The van der Waals surface area contributed by atoms with Crippen LogP contribution in [0.3, 0.4) is 0 Å². The third-order valence-corrected chi connectivity index (χ3v) is 6.89. The first kappa shape index (κ1) is 22.6. The van der Waals surface area contributed by atoms with E-state index in [-0.39, 0.29) is 0 Å². The molecule has 5 heteroatoms. The van der Waals surface area contributed by atoms with Crippen LogP contribution in [-0.4, -0.2) is 19.5 Å². The highest BCUT2D eigenvalue weighted by molar-refractivity contribution is 6.10. The molecule has 0 fully saturated rings. The van der Waals surface area contributed by atoms with Crippen LogP contribution in [0.4, 0.5) is 0 Å². The maximum atomic E-state index is 9.55. The normalized spacial score (nSPS) is 11.1. The lowest BCUT2D eigenvalue weighted by atomic mass is 10.1. The lowest BCUT2D eigenvalue weighted by molar-refractivity contribution is 1.06. The van der Waals surface area contributed by atoms with E-state index in [1.54, 1.807) is 0 Å². The number of nitrogens with zero attached hydrogens (tertiary/aromatic N) is 5. The molecule has 39 heavy (non-hydrogen) atoms. The summed E-state index contributed by atoms with van der Waals surface area (Å²) in [5.41, 5.74) is 6.41. The Kier molecular flexibility index (Phi) is 5.42. The van der Waals surface area contributed by atoms with E-state index < -0.39 is 0 Å². The summed E-state index contributed by atoms with van der Waals surface area (Å²) in [6.07, 6.45) is 0. The summed E-state index contributed by atoms with van der Waals surface area (Å²) >= 11 is 0. The zero-order valence-electron chi connectivity index (χ0n) is 20.9. The van der Waals surface area contributed by atoms with E-state index >= 15 is 0 Å². The van der Waals surface area contributed by atoms with Gasteiger partial charge in [0.1, 0.15) is 0 Å². The fourth-order valence-electron chi connectivity index (χ4n) is 5.09. The summed E-state index contributed by atoms with van der Waals surface area (Å²) in [6, 6.07) is 44.6. The van der Waals surface area contributed by atoms with Gasteiger partial charge in [-0.15, -0.1) is 0 Å². The molecule has 0 N–H and O–H groups in total. The van der Waals surface area contributed by atoms with E-state index in [2.05, 4.69) is 34.9 Å². The lowest BCUT2D eigenvalue weighted by Gasteiger charge is -2.14. The Hall–Kier alpha value is -5.60. The van der Waals surface area contributed by atoms with E-state index in [0.717, 1.165) is 44.2 Å². The number of aromatic nitrogens is 4. The van der Waals surface area contributed by atoms with Gasteiger partial charge in [0, 0.05) is 27.5 Å². The Balaban J connectivity index is 1.52. The first-order chi connectivity index (χ1) is 19.3. The Morgan fingerprint density at radius 1 is 0.513 bits per heavy atom. The van der Waals surface area contributed by atoms with Crippen molar-refractivity contribution >= 4 is 21.8 Å². The van der Waals surface area contributed by atoms with Crippen molar-refractivity contribution in [3.63, 3.8) is 0 Å². The molecule has 2 heterocycles. The van der Waals surface area contributed by atoms with Crippen LogP contribution in [0.25, 0.3) is 61.7 Å². The Morgan fingerprint density at radius 3 is 1.77 bits per heavy atom. The van der Waals surface area contributed by atoms with Crippen LogP contribution in [0.5, 0.6) is 0 Å². The van der Waals surface area contributed by atoms with Gasteiger partial charge in [0.2, 0.25) is 0 Å². The summed E-state index contributed by atoms with van der Waals surface area (Å²) in [5.74, 6) is 1.84. The number of nitriles is 1. The Morgan fingerprint density at radius 2 is 1.08 bits per heavy atom. The number of hydrogen-bond donors (Lipinski definition) is 0. The van der Waals surface area contributed by atoms with Crippen LogP contribution >= 0.6 is 0 Å². The Bertz CT molecular complexity index is 1960. The molecule has 0 spiro atoms. The SMILES string of the molecule is N#Cc1ccc2c(c1)c1ccccc1n2-c1ccccc1-c1nc(-c2ccccc2)nc(-c2ccccc2)n1. The predicted molar refractivity (Wildman–Crippen MR) is 155 cm³/mol. The van der Waals surface area contributed by atoms with Crippen LogP contribution in [-0.2, 0) is 0 Å². The summed E-state index contributed by atoms with van der Waals surface area (Å²) in [4.78, 5) is 14.8. The molecule has 7 aromatic rings. The van der Waals surface area contributed by atoms with Gasteiger partial charge in [-0.2, -0.15) is 5.26 Å². The summed E-state index contributed by atoms with van der Waals surface area (Å²) in [7, 11) is 0. The van der Waals surface area contributed by atoms with Gasteiger partial charge in [0.25, 0.3) is 0 Å². The van der Waals surface area contributed by atoms with Crippen molar-refractivity contribution in [3.8, 4) is 45.9 Å². The molecular formula is C34H21N5. The third-order valence-electron chi connectivity index (χ3n) is 6.89. The van der Waals surface area contributed by atoms with Crippen molar-refractivity contribution in [2.75, 3.05) is 0 Å². The van der Waals surface area contributed by atoms with Gasteiger partial charge < -0.3 is 4.57 Å². The first-order valence-corrected chi connectivity index (χ1v) is 12.7. The first-order valence-electron chi connectivity index (χ1n) is 12.7. The molecule has 0 bridgehead atoms. The van der Waals surface area contributed by atoms with E-state index in [1.807, 2.05) is 103 Å². The molecule has 0 saturated carbocycles. The molecule has 2 aromatic heterocycles. The molecule has 0 aliphatic rings. The van der Waals surface area contributed by atoms with E-state index in [0.29, 0.717) is 23.0 Å². The number of hydrogen-bond acceptors (Lipinski definition) is 4. The second-order valence-corrected chi connectivity index (χ2v) is 9.25. The topological polar surface area (TPSA) is 67.4 Å². The van der Waals surface area contributed by atoms with Gasteiger partial charge in [0.05, 0.1) is 28.4 Å². The highest BCUT2D eigenvalue weighted by atomic mass is 15.1. The summed E-state index contributed by atoms with van der Waals surface area (Å²) in [5, 5.41) is 11.7. The molecule has 5 aromatic carbocycles. The predicted octanol–water partition coefficient (Wildman–Crippen LogP) is 7.84. The number of para-hydroxylation sites is 2. The standard InChI is InChI=1S/C34H21N5/c35-22-23-19-20-31-28(21-23)26-15-7-9-17-29(26)39(31)30-18-10-8-16-27(30)34-37-32(24-11-3-1-4-12-24)36-33(38-34)25-13-5-2-6-14-25/h1-21H. The molecule has 0 radical (unpaired) electrons. The van der Waals surface area contributed by atoms with Crippen LogP contribution < -0.4 is 0 Å². The minimum atomic E-state index is 0.595. The maximum absolute atomic E-state index is 9.55. The summed E-state index contributed by atoms with van der Waals surface area (Å²) < 4.78 is 2.23. The fourth-order valence-corrected chi connectivity index (χ4v) is 5.09. The van der Waals surface area contributed by atoms with E-state index in [1.165, 1.54) is 0 Å². The van der Waals surface area contributed by atoms with Crippen molar-refractivity contribution in [2.45, 2.75) is 0 Å². The molecule has 0 aliphatic heterocycles. The molecule has 182 valence electrons. The summed E-state index contributed by atoms with van der Waals surface area (Å²) in [6.45, 7) is 0. The molecule has 0 aliphatic carbocycles.